The summed E-state index contributed by atoms with van der Waals surface area (Å²) in [5, 5.41) is 8.97. The molecule has 7 nitrogen and oxygen atoms in total. The number of ether oxygens (including phenoxy) is 1. The number of aromatic nitrogens is 2. The second kappa shape index (κ2) is 12.3. The molecule has 0 bridgehead atoms. The predicted octanol–water partition coefficient (Wildman–Crippen LogP) is 3.29. The second-order valence-electron chi connectivity index (χ2n) is 5.62. The number of aliphatic imine (C=N–C) groups is 1. The number of anilines is 1. The second-order valence-corrected chi connectivity index (χ2v) is 5.62. The molecule has 0 unspecified atom stereocenters. The molecule has 0 saturated carbocycles. The van der Waals surface area contributed by atoms with Crippen molar-refractivity contribution < 1.29 is 17.9 Å². The maximum absolute atomic E-state index is 12.7. The van der Waals surface area contributed by atoms with Gasteiger partial charge < -0.3 is 20.7 Å². The standard InChI is InChI=1S/C18H23F3N6O.HI/c1-3-22-16(26-12-13-6-4-5-7-14(13)28-2)24-10-11-25-17-23-9-8-15(27-17)18(19,20)21;/h4-9H,3,10-12H2,1-2H3,(H2,22,24,26)(H,23,25,27);1H. The molecule has 29 heavy (non-hydrogen) atoms. The fourth-order valence-corrected chi connectivity index (χ4v) is 2.30. The Morgan fingerprint density at radius 3 is 2.59 bits per heavy atom. The molecule has 3 N–H and O–H groups in total. The number of halogens is 4. The Bertz CT molecular complexity index is 788. The van der Waals surface area contributed by atoms with Crippen molar-refractivity contribution >= 4 is 35.9 Å². The Kier molecular flexibility index (Phi) is 10.5. The lowest BCUT2D eigenvalue weighted by molar-refractivity contribution is -0.141. The molecule has 0 saturated heterocycles. The maximum Gasteiger partial charge on any atom is 0.433 e. The van der Waals surface area contributed by atoms with E-state index in [9.17, 15) is 13.2 Å². The van der Waals surface area contributed by atoms with Gasteiger partial charge in [-0.15, -0.1) is 24.0 Å². The number of methoxy groups -OCH3 is 1. The molecule has 0 aliphatic rings. The van der Waals surface area contributed by atoms with Crippen LogP contribution in [0.15, 0.2) is 41.5 Å². The minimum Gasteiger partial charge on any atom is -0.496 e. The molecule has 2 aromatic rings. The molecule has 0 aliphatic heterocycles. The van der Waals surface area contributed by atoms with Crippen LogP contribution in [0.25, 0.3) is 0 Å². The Morgan fingerprint density at radius 2 is 1.90 bits per heavy atom. The van der Waals surface area contributed by atoms with Crippen LogP contribution in [0.5, 0.6) is 5.75 Å². The number of hydrogen-bond donors (Lipinski definition) is 3. The fourth-order valence-electron chi connectivity index (χ4n) is 2.30. The van der Waals surface area contributed by atoms with Gasteiger partial charge in [-0.05, 0) is 19.1 Å². The molecule has 1 aromatic carbocycles. The van der Waals surface area contributed by atoms with E-state index in [1.54, 1.807) is 7.11 Å². The molecular weight excluding hydrogens is 500 g/mol. The van der Waals surface area contributed by atoms with E-state index in [1.807, 2.05) is 31.2 Å². The van der Waals surface area contributed by atoms with Gasteiger partial charge in [0, 0.05) is 31.4 Å². The van der Waals surface area contributed by atoms with Crippen LogP contribution in [0.1, 0.15) is 18.2 Å². The van der Waals surface area contributed by atoms with Gasteiger partial charge in [-0.1, -0.05) is 18.2 Å². The topological polar surface area (TPSA) is 83.5 Å². The van der Waals surface area contributed by atoms with Crippen molar-refractivity contribution in [2.24, 2.45) is 4.99 Å². The summed E-state index contributed by atoms with van der Waals surface area (Å²) in [7, 11) is 1.60. The monoisotopic (exact) mass is 524 g/mol. The number of nitrogens with zero attached hydrogens (tertiary/aromatic N) is 3. The van der Waals surface area contributed by atoms with Gasteiger partial charge in [-0.3, -0.25) is 0 Å². The van der Waals surface area contributed by atoms with E-state index in [2.05, 4.69) is 30.9 Å². The number of nitrogens with one attached hydrogen (secondary N) is 3. The molecule has 0 fully saturated rings. The maximum atomic E-state index is 12.7. The Hall–Kier alpha value is -2.31. The average molecular weight is 524 g/mol. The van der Waals surface area contributed by atoms with Crippen LogP contribution in [-0.4, -0.2) is 42.7 Å². The van der Waals surface area contributed by atoms with Crippen molar-refractivity contribution in [2.75, 3.05) is 32.1 Å². The van der Waals surface area contributed by atoms with Crippen molar-refractivity contribution in [3.8, 4) is 5.75 Å². The van der Waals surface area contributed by atoms with Crippen molar-refractivity contribution in [1.82, 2.24) is 20.6 Å². The highest BCUT2D eigenvalue weighted by atomic mass is 127. The highest BCUT2D eigenvalue weighted by molar-refractivity contribution is 14.0. The summed E-state index contributed by atoms with van der Waals surface area (Å²) in [5.74, 6) is 1.26. The summed E-state index contributed by atoms with van der Waals surface area (Å²) in [6.07, 6.45) is -3.43. The van der Waals surface area contributed by atoms with Gasteiger partial charge >= 0.3 is 6.18 Å². The third-order valence-electron chi connectivity index (χ3n) is 3.59. The lowest BCUT2D eigenvalue weighted by Gasteiger charge is -2.13. The van der Waals surface area contributed by atoms with E-state index in [0.717, 1.165) is 23.6 Å². The zero-order chi connectivity index (χ0) is 20.4. The lowest BCUT2D eigenvalue weighted by Crippen LogP contribution is -2.39. The van der Waals surface area contributed by atoms with Gasteiger partial charge in [0.1, 0.15) is 11.4 Å². The number of para-hydroxylation sites is 1. The fraction of sp³-hybridized carbons (Fsp3) is 0.389. The summed E-state index contributed by atoms with van der Waals surface area (Å²) in [6, 6.07) is 8.42. The van der Waals surface area contributed by atoms with Crippen LogP contribution < -0.4 is 20.7 Å². The zero-order valence-electron chi connectivity index (χ0n) is 16.1. The quantitative estimate of drug-likeness (QED) is 0.213. The first-order valence-electron chi connectivity index (χ1n) is 8.72. The molecule has 160 valence electrons. The van der Waals surface area contributed by atoms with Gasteiger partial charge in [0.2, 0.25) is 5.95 Å². The van der Waals surface area contributed by atoms with Gasteiger partial charge in [0.25, 0.3) is 0 Å². The van der Waals surface area contributed by atoms with Crippen LogP contribution >= 0.6 is 24.0 Å². The first-order chi connectivity index (χ1) is 13.4. The number of rotatable bonds is 8. The smallest absolute Gasteiger partial charge is 0.433 e. The molecule has 11 heteroatoms. The van der Waals surface area contributed by atoms with E-state index in [-0.39, 0.29) is 29.9 Å². The number of hydrogen-bond acceptors (Lipinski definition) is 5. The van der Waals surface area contributed by atoms with Crippen molar-refractivity contribution in [3.05, 3.63) is 47.8 Å². The Labute approximate surface area is 184 Å². The molecule has 1 heterocycles. The minimum atomic E-state index is -4.50. The van der Waals surface area contributed by atoms with Crippen molar-refractivity contribution in [2.45, 2.75) is 19.6 Å². The average Bonchev–Trinajstić information content (AvgIpc) is 2.69. The van der Waals surface area contributed by atoms with E-state index in [0.29, 0.717) is 32.1 Å². The van der Waals surface area contributed by atoms with Gasteiger partial charge in [-0.25, -0.2) is 15.0 Å². The SMILES string of the molecule is CCNC(=NCc1ccccc1OC)NCCNc1nccc(C(F)(F)F)n1.I. The highest BCUT2D eigenvalue weighted by Crippen LogP contribution is 2.27. The lowest BCUT2D eigenvalue weighted by atomic mass is 10.2. The molecular formula is C18H24F3IN6O. The normalized spacial score (nSPS) is 11.4. The van der Waals surface area contributed by atoms with Crippen molar-refractivity contribution in [3.63, 3.8) is 0 Å². The molecule has 0 radical (unpaired) electrons. The van der Waals surface area contributed by atoms with Gasteiger partial charge in [0.05, 0.1) is 13.7 Å². The zero-order valence-corrected chi connectivity index (χ0v) is 18.4. The van der Waals surface area contributed by atoms with E-state index >= 15 is 0 Å². The summed E-state index contributed by atoms with van der Waals surface area (Å²) < 4.78 is 43.3. The summed E-state index contributed by atoms with van der Waals surface area (Å²) in [5.41, 5.74) is -0.0395. The summed E-state index contributed by atoms with van der Waals surface area (Å²) >= 11 is 0. The summed E-state index contributed by atoms with van der Waals surface area (Å²) in [4.78, 5) is 11.7. The molecule has 0 aliphatic carbocycles. The van der Waals surface area contributed by atoms with Crippen LogP contribution in [0.4, 0.5) is 19.1 Å². The molecule has 0 spiro atoms. The van der Waals surface area contributed by atoms with E-state index in [4.69, 9.17) is 4.74 Å². The van der Waals surface area contributed by atoms with Crippen LogP contribution in [0.2, 0.25) is 0 Å². The largest absolute Gasteiger partial charge is 0.496 e. The Morgan fingerprint density at radius 1 is 1.14 bits per heavy atom. The van der Waals surface area contributed by atoms with Crippen LogP contribution in [-0.2, 0) is 12.7 Å². The molecule has 0 atom stereocenters. The van der Waals surface area contributed by atoms with E-state index in [1.165, 1.54) is 0 Å². The third kappa shape index (κ3) is 8.30. The first-order valence-corrected chi connectivity index (χ1v) is 8.72. The Balaban J connectivity index is 0.00000420. The molecule has 0 amide bonds. The summed E-state index contributed by atoms with van der Waals surface area (Å²) in [6.45, 7) is 3.76. The number of guanidine groups is 1. The van der Waals surface area contributed by atoms with Gasteiger partial charge in [0.15, 0.2) is 5.96 Å². The van der Waals surface area contributed by atoms with E-state index < -0.39 is 11.9 Å². The third-order valence-corrected chi connectivity index (χ3v) is 3.59. The van der Waals surface area contributed by atoms with Crippen molar-refractivity contribution in [1.29, 1.82) is 0 Å². The highest BCUT2D eigenvalue weighted by Gasteiger charge is 2.32. The number of benzene rings is 1. The minimum absolute atomic E-state index is 0. The molecule has 1 aromatic heterocycles. The predicted molar refractivity (Wildman–Crippen MR) is 117 cm³/mol. The van der Waals surface area contributed by atoms with Crippen LogP contribution in [0.3, 0.4) is 0 Å². The van der Waals surface area contributed by atoms with Gasteiger partial charge in [-0.2, -0.15) is 13.2 Å². The number of alkyl halides is 3. The molecule has 2 rings (SSSR count). The van der Waals surface area contributed by atoms with Crippen LogP contribution in [0, 0.1) is 0 Å². The first kappa shape index (κ1) is 24.7.